The highest BCUT2D eigenvalue weighted by molar-refractivity contribution is 5.93. The van der Waals surface area contributed by atoms with Crippen molar-refractivity contribution < 1.29 is 14.8 Å². The number of rotatable bonds is 3. The average Bonchev–Trinajstić information content (AvgIpc) is 2.26. The maximum Gasteiger partial charge on any atom is 0.342 e. The van der Waals surface area contributed by atoms with Crippen LogP contribution in [0.5, 0.6) is 0 Å². The Morgan fingerprint density at radius 2 is 2.25 bits per heavy atom. The summed E-state index contributed by atoms with van der Waals surface area (Å²) in [6.07, 6.45) is 0. The quantitative estimate of drug-likeness (QED) is 0.568. The number of aromatic carboxylic acids is 1. The molecule has 0 aliphatic rings. The van der Waals surface area contributed by atoms with Crippen molar-refractivity contribution in [3.63, 3.8) is 0 Å². The van der Waals surface area contributed by atoms with Gasteiger partial charge >= 0.3 is 11.7 Å². The summed E-state index contributed by atoms with van der Waals surface area (Å²) in [4.78, 5) is 20.6. The zero-order chi connectivity index (χ0) is 12.3. The highest BCUT2D eigenvalue weighted by Gasteiger charge is 2.26. The maximum atomic E-state index is 10.7. The molecule has 0 bridgehead atoms. The summed E-state index contributed by atoms with van der Waals surface area (Å²) < 4.78 is 0. The molecule has 0 saturated carbocycles. The van der Waals surface area contributed by atoms with Crippen LogP contribution in [0, 0.1) is 21.4 Å². The van der Waals surface area contributed by atoms with Gasteiger partial charge in [-0.1, -0.05) is 6.07 Å². The Balaban J connectivity index is 3.65. The van der Waals surface area contributed by atoms with Crippen LogP contribution in [0.25, 0.3) is 0 Å². The minimum Gasteiger partial charge on any atom is -0.477 e. The minimum absolute atomic E-state index is 0.0658. The average molecular weight is 221 g/mol. The van der Waals surface area contributed by atoms with E-state index in [1.807, 2.05) is 0 Å². The van der Waals surface area contributed by atoms with E-state index < -0.39 is 22.1 Å². The van der Waals surface area contributed by atoms with Crippen molar-refractivity contribution in [2.45, 2.75) is 6.54 Å². The second kappa shape index (κ2) is 4.37. The molecule has 0 heterocycles. The first kappa shape index (κ1) is 11.6. The first-order valence-corrected chi connectivity index (χ1v) is 4.16. The second-order valence-electron chi connectivity index (χ2n) is 2.87. The number of carboxylic acid groups (broad SMARTS) is 1. The van der Waals surface area contributed by atoms with Gasteiger partial charge in [0.05, 0.1) is 4.92 Å². The molecule has 0 aliphatic carbocycles. The number of carboxylic acids is 1. The SMILES string of the molecule is N#Cc1c(CN)ccc(C(=O)O)c1[N+](=O)[O-]. The summed E-state index contributed by atoms with van der Waals surface area (Å²) >= 11 is 0. The third-order valence-corrected chi connectivity index (χ3v) is 2.01. The number of nitro benzene ring substituents is 1. The van der Waals surface area contributed by atoms with Crippen molar-refractivity contribution >= 4 is 11.7 Å². The zero-order valence-electron chi connectivity index (χ0n) is 8.01. The summed E-state index contributed by atoms with van der Waals surface area (Å²) in [6.45, 7) is -0.0658. The molecule has 3 N–H and O–H groups in total. The molecule has 0 aromatic heterocycles. The highest BCUT2D eigenvalue weighted by atomic mass is 16.6. The Labute approximate surface area is 89.9 Å². The summed E-state index contributed by atoms with van der Waals surface area (Å²) in [5.74, 6) is -1.45. The van der Waals surface area contributed by atoms with E-state index in [0.29, 0.717) is 0 Å². The van der Waals surface area contributed by atoms with Crippen LogP contribution in [-0.4, -0.2) is 16.0 Å². The first-order valence-electron chi connectivity index (χ1n) is 4.16. The van der Waals surface area contributed by atoms with E-state index in [9.17, 15) is 14.9 Å². The lowest BCUT2D eigenvalue weighted by molar-refractivity contribution is -0.385. The smallest absolute Gasteiger partial charge is 0.342 e. The van der Waals surface area contributed by atoms with E-state index in [1.54, 1.807) is 6.07 Å². The van der Waals surface area contributed by atoms with Crippen molar-refractivity contribution in [3.8, 4) is 6.07 Å². The lowest BCUT2D eigenvalue weighted by atomic mass is 10.0. The number of nitrogens with zero attached hydrogens (tertiary/aromatic N) is 2. The minimum atomic E-state index is -1.45. The first-order chi connectivity index (χ1) is 7.52. The number of carbonyl (C=O) groups is 1. The van der Waals surface area contributed by atoms with Gasteiger partial charge in [0.15, 0.2) is 0 Å². The molecular formula is C9H7N3O4. The molecule has 1 aromatic carbocycles. The predicted octanol–water partition coefficient (Wildman–Crippen LogP) is 0.623. The fraction of sp³-hybridized carbons (Fsp3) is 0.111. The van der Waals surface area contributed by atoms with Gasteiger partial charge in [-0.3, -0.25) is 10.1 Å². The van der Waals surface area contributed by atoms with E-state index in [0.717, 1.165) is 6.07 Å². The molecule has 0 aliphatic heterocycles. The van der Waals surface area contributed by atoms with Crippen LogP contribution in [0.15, 0.2) is 12.1 Å². The van der Waals surface area contributed by atoms with Gasteiger partial charge in [-0.25, -0.2) is 4.79 Å². The van der Waals surface area contributed by atoms with Gasteiger partial charge in [-0.2, -0.15) is 5.26 Å². The second-order valence-corrected chi connectivity index (χ2v) is 2.87. The fourth-order valence-corrected chi connectivity index (χ4v) is 1.29. The third kappa shape index (κ3) is 1.82. The van der Waals surface area contributed by atoms with Gasteiger partial charge in [0.1, 0.15) is 17.2 Å². The van der Waals surface area contributed by atoms with E-state index >= 15 is 0 Å². The number of hydrogen-bond acceptors (Lipinski definition) is 5. The van der Waals surface area contributed by atoms with Gasteiger partial charge in [-0.05, 0) is 11.6 Å². The van der Waals surface area contributed by atoms with Crippen LogP contribution < -0.4 is 5.73 Å². The van der Waals surface area contributed by atoms with E-state index in [1.165, 1.54) is 6.07 Å². The molecule has 0 fully saturated rings. The number of nitrogens with two attached hydrogens (primary N) is 1. The van der Waals surface area contributed by atoms with Crippen molar-refractivity contribution in [3.05, 3.63) is 38.9 Å². The molecule has 16 heavy (non-hydrogen) atoms. The molecule has 0 spiro atoms. The summed E-state index contributed by atoms with van der Waals surface area (Å²) in [7, 11) is 0. The van der Waals surface area contributed by atoms with Gasteiger partial charge < -0.3 is 10.8 Å². The van der Waals surface area contributed by atoms with Crippen LogP contribution >= 0.6 is 0 Å². The molecule has 7 heteroatoms. The summed E-state index contributed by atoms with van der Waals surface area (Å²) in [5, 5.41) is 28.3. The molecule has 0 saturated heterocycles. The van der Waals surface area contributed by atoms with Crippen LogP contribution in [0.3, 0.4) is 0 Å². The van der Waals surface area contributed by atoms with E-state index in [-0.39, 0.29) is 17.7 Å². The topological polar surface area (TPSA) is 130 Å². The van der Waals surface area contributed by atoms with Crippen molar-refractivity contribution in [1.82, 2.24) is 0 Å². The Kier molecular flexibility index (Phi) is 3.17. The lowest BCUT2D eigenvalue weighted by Gasteiger charge is -2.04. The Hall–Kier alpha value is -2.46. The largest absolute Gasteiger partial charge is 0.477 e. The number of nitriles is 1. The standard InChI is InChI=1S/C9H7N3O4/c10-3-5-1-2-6(9(13)14)8(12(15)16)7(5)4-11/h1-2H,3,10H2,(H,13,14). The van der Waals surface area contributed by atoms with E-state index in [2.05, 4.69) is 0 Å². The number of nitro groups is 1. The number of hydrogen-bond donors (Lipinski definition) is 2. The van der Waals surface area contributed by atoms with Crippen LogP contribution in [0.4, 0.5) is 5.69 Å². The molecule has 82 valence electrons. The van der Waals surface area contributed by atoms with E-state index in [4.69, 9.17) is 16.1 Å². The van der Waals surface area contributed by atoms with Crippen molar-refractivity contribution in [2.24, 2.45) is 5.73 Å². The molecule has 1 aromatic rings. The molecule has 0 unspecified atom stereocenters. The normalized spacial score (nSPS) is 9.50. The summed E-state index contributed by atoms with van der Waals surface area (Å²) in [6, 6.07) is 3.98. The predicted molar refractivity (Wildman–Crippen MR) is 52.7 cm³/mol. The summed E-state index contributed by atoms with van der Waals surface area (Å²) in [5.41, 5.74) is 4.03. The van der Waals surface area contributed by atoms with Gasteiger partial charge in [0.25, 0.3) is 0 Å². The Morgan fingerprint density at radius 3 is 2.62 bits per heavy atom. The molecule has 0 radical (unpaired) electrons. The van der Waals surface area contributed by atoms with Gasteiger partial charge in [0.2, 0.25) is 0 Å². The van der Waals surface area contributed by atoms with Crippen LogP contribution in [-0.2, 0) is 6.54 Å². The Bertz CT molecular complexity index is 504. The number of benzene rings is 1. The fourth-order valence-electron chi connectivity index (χ4n) is 1.29. The molecule has 7 nitrogen and oxygen atoms in total. The van der Waals surface area contributed by atoms with Gasteiger partial charge in [0, 0.05) is 6.54 Å². The van der Waals surface area contributed by atoms with Crippen LogP contribution in [0.1, 0.15) is 21.5 Å². The molecule has 0 amide bonds. The van der Waals surface area contributed by atoms with Crippen molar-refractivity contribution in [2.75, 3.05) is 0 Å². The van der Waals surface area contributed by atoms with Crippen LogP contribution in [0.2, 0.25) is 0 Å². The van der Waals surface area contributed by atoms with Gasteiger partial charge in [-0.15, -0.1) is 0 Å². The molecular weight excluding hydrogens is 214 g/mol. The highest BCUT2D eigenvalue weighted by Crippen LogP contribution is 2.26. The lowest BCUT2D eigenvalue weighted by Crippen LogP contribution is -2.08. The van der Waals surface area contributed by atoms with Crippen molar-refractivity contribution in [1.29, 1.82) is 5.26 Å². The maximum absolute atomic E-state index is 10.7. The zero-order valence-corrected chi connectivity index (χ0v) is 8.01. The molecule has 1 rings (SSSR count). The Morgan fingerprint density at radius 1 is 1.62 bits per heavy atom. The monoisotopic (exact) mass is 221 g/mol. The molecule has 0 atom stereocenters. The third-order valence-electron chi connectivity index (χ3n) is 2.01.